The second-order valence-corrected chi connectivity index (χ2v) is 9.83. The number of thiophene rings is 1. The number of rotatable bonds is 6. The molecule has 168 valence electrons. The van der Waals surface area contributed by atoms with Gasteiger partial charge in [-0.3, -0.25) is 9.78 Å². The molecular formula is C23H32N4O3S. The van der Waals surface area contributed by atoms with Gasteiger partial charge < -0.3 is 15.0 Å². The van der Waals surface area contributed by atoms with Gasteiger partial charge in [0.25, 0.3) is 0 Å². The summed E-state index contributed by atoms with van der Waals surface area (Å²) in [6, 6.07) is 1.95. The Morgan fingerprint density at radius 1 is 1.26 bits per heavy atom. The Kier molecular flexibility index (Phi) is 7.64. The van der Waals surface area contributed by atoms with E-state index >= 15 is 0 Å². The second-order valence-electron chi connectivity index (χ2n) is 8.92. The van der Waals surface area contributed by atoms with Crippen LogP contribution in [0.4, 0.5) is 10.5 Å². The normalized spacial score (nSPS) is 15.0. The van der Waals surface area contributed by atoms with E-state index in [4.69, 9.17) is 9.72 Å². The minimum absolute atomic E-state index is 0.0442. The van der Waals surface area contributed by atoms with Gasteiger partial charge in [-0.2, -0.15) is 0 Å². The van der Waals surface area contributed by atoms with Crippen LogP contribution in [0.2, 0.25) is 0 Å². The molecule has 2 aromatic heterocycles. The lowest BCUT2D eigenvalue weighted by Gasteiger charge is -2.33. The van der Waals surface area contributed by atoms with Gasteiger partial charge in [-0.25, -0.2) is 9.78 Å². The minimum Gasteiger partial charge on any atom is -0.444 e. The van der Waals surface area contributed by atoms with Crippen molar-refractivity contribution in [1.29, 1.82) is 0 Å². The molecule has 31 heavy (non-hydrogen) atoms. The van der Waals surface area contributed by atoms with Crippen LogP contribution in [0.3, 0.4) is 0 Å². The summed E-state index contributed by atoms with van der Waals surface area (Å²) in [5.74, 6) is 0.307. The molecule has 0 saturated carbocycles. The molecule has 2 amide bonds. The predicted molar refractivity (Wildman–Crippen MR) is 123 cm³/mol. The molecule has 1 saturated heterocycles. The minimum atomic E-state index is -0.483. The van der Waals surface area contributed by atoms with Crippen LogP contribution in [-0.4, -0.2) is 45.6 Å². The van der Waals surface area contributed by atoms with E-state index in [0.717, 1.165) is 47.6 Å². The fourth-order valence-electron chi connectivity index (χ4n) is 3.48. The van der Waals surface area contributed by atoms with E-state index in [0.29, 0.717) is 19.5 Å². The Morgan fingerprint density at radius 2 is 2.00 bits per heavy atom. The van der Waals surface area contributed by atoms with Gasteiger partial charge in [-0.15, -0.1) is 11.3 Å². The lowest BCUT2D eigenvalue weighted by molar-refractivity contribution is -0.116. The largest absolute Gasteiger partial charge is 0.444 e. The Hall–Kier alpha value is -2.48. The first-order valence-electron chi connectivity index (χ1n) is 10.9. The number of unbranched alkanes of at least 4 members (excludes halogenated alkanes) is 1. The van der Waals surface area contributed by atoms with Gasteiger partial charge in [-0.1, -0.05) is 13.3 Å². The van der Waals surface area contributed by atoms with Crippen LogP contribution in [0, 0.1) is 0 Å². The monoisotopic (exact) mass is 444 g/mol. The first-order chi connectivity index (χ1) is 14.7. The quantitative estimate of drug-likeness (QED) is 0.640. The zero-order valence-electron chi connectivity index (χ0n) is 18.8. The number of carbonyl (C=O) groups is 2. The Balaban J connectivity index is 1.60. The number of ether oxygens (including phenoxy) is 1. The van der Waals surface area contributed by atoms with Crippen molar-refractivity contribution in [2.24, 2.45) is 0 Å². The summed E-state index contributed by atoms with van der Waals surface area (Å²) in [4.78, 5) is 36.2. The van der Waals surface area contributed by atoms with Crippen molar-refractivity contribution in [3.8, 4) is 10.6 Å². The smallest absolute Gasteiger partial charge is 0.410 e. The zero-order chi connectivity index (χ0) is 22.4. The molecule has 2 aromatic rings. The fraction of sp³-hybridized carbons (Fsp3) is 0.565. The summed E-state index contributed by atoms with van der Waals surface area (Å²) in [7, 11) is 0. The number of nitrogens with zero attached hydrogens (tertiary/aromatic N) is 3. The standard InChI is InChI=1S/C23H32N4O3S/c1-5-6-7-21(28)25-17-12-20(31-15-17)19-14-24-13-18(26-19)16-8-10-27(11-9-16)22(29)30-23(2,3)4/h12-16H,5-11H2,1-4H3,(H,25,28). The number of nitrogens with one attached hydrogen (secondary N) is 1. The van der Waals surface area contributed by atoms with Crippen LogP contribution in [0.15, 0.2) is 23.8 Å². The van der Waals surface area contributed by atoms with Crippen LogP contribution in [0.25, 0.3) is 10.6 Å². The van der Waals surface area contributed by atoms with Gasteiger partial charge in [0.1, 0.15) is 5.60 Å². The van der Waals surface area contributed by atoms with E-state index in [9.17, 15) is 9.59 Å². The summed E-state index contributed by atoms with van der Waals surface area (Å²) >= 11 is 1.55. The average Bonchev–Trinajstić information content (AvgIpc) is 3.19. The predicted octanol–water partition coefficient (Wildman–Crippen LogP) is 5.45. The molecule has 0 atom stereocenters. The molecule has 0 aliphatic carbocycles. The SMILES string of the molecule is CCCCC(=O)Nc1csc(-c2cncc(C3CCN(C(=O)OC(C)(C)C)CC3)n2)c1. The molecular weight excluding hydrogens is 412 g/mol. The molecule has 1 N–H and O–H groups in total. The number of aromatic nitrogens is 2. The van der Waals surface area contributed by atoms with E-state index < -0.39 is 5.60 Å². The van der Waals surface area contributed by atoms with Crippen molar-refractivity contribution in [1.82, 2.24) is 14.9 Å². The van der Waals surface area contributed by atoms with Crippen molar-refractivity contribution < 1.29 is 14.3 Å². The van der Waals surface area contributed by atoms with Gasteiger partial charge in [0.2, 0.25) is 5.91 Å². The highest BCUT2D eigenvalue weighted by molar-refractivity contribution is 7.14. The maximum atomic E-state index is 12.3. The van der Waals surface area contributed by atoms with Crippen LogP contribution in [0.1, 0.15) is 71.4 Å². The molecule has 0 spiro atoms. The third kappa shape index (κ3) is 6.75. The fourth-order valence-corrected chi connectivity index (χ4v) is 4.27. The Morgan fingerprint density at radius 3 is 2.68 bits per heavy atom. The maximum absolute atomic E-state index is 12.3. The van der Waals surface area contributed by atoms with E-state index in [-0.39, 0.29) is 17.9 Å². The molecule has 0 unspecified atom stereocenters. The summed E-state index contributed by atoms with van der Waals surface area (Å²) in [6.45, 7) is 9.02. The van der Waals surface area contributed by atoms with Crippen molar-refractivity contribution in [3.05, 3.63) is 29.5 Å². The first-order valence-corrected chi connectivity index (χ1v) is 11.8. The Bertz CT molecular complexity index is 898. The van der Waals surface area contributed by atoms with Crippen LogP contribution in [0.5, 0.6) is 0 Å². The van der Waals surface area contributed by atoms with E-state index in [1.54, 1.807) is 22.4 Å². The number of amides is 2. The summed E-state index contributed by atoms with van der Waals surface area (Å²) in [6.07, 6.45) is 7.43. The molecule has 0 radical (unpaired) electrons. The lowest BCUT2D eigenvalue weighted by atomic mass is 9.94. The molecule has 7 nitrogen and oxygen atoms in total. The summed E-state index contributed by atoms with van der Waals surface area (Å²) < 4.78 is 5.48. The molecule has 0 bridgehead atoms. The summed E-state index contributed by atoms with van der Waals surface area (Å²) in [5.41, 5.74) is 2.08. The van der Waals surface area contributed by atoms with E-state index in [1.165, 1.54) is 0 Å². The number of hydrogen-bond acceptors (Lipinski definition) is 6. The van der Waals surface area contributed by atoms with Crippen LogP contribution < -0.4 is 5.32 Å². The van der Waals surface area contributed by atoms with Crippen LogP contribution >= 0.6 is 11.3 Å². The number of anilines is 1. The molecule has 1 aliphatic rings. The third-order valence-corrected chi connectivity index (χ3v) is 6.06. The maximum Gasteiger partial charge on any atom is 0.410 e. The van der Waals surface area contributed by atoms with Gasteiger partial charge in [0.15, 0.2) is 0 Å². The van der Waals surface area contributed by atoms with E-state index in [2.05, 4.69) is 17.2 Å². The number of piperidine rings is 1. The summed E-state index contributed by atoms with van der Waals surface area (Å²) in [5, 5.41) is 4.89. The van der Waals surface area contributed by atoms with Crippen molar-refractivity contribution in [2.75, 3.05) is 18.4 Å². The van der Waals surface area contributed by atoms with Gasteiger partial charge in [0, 0.05) is 37.0 Å². The number of likely N-dealkylation sites (tertiary alicyclic amines) is 1. The van der Waals surface area contributed by atoms with Gasteiger partial charge in [-0.05, 0) is 46.1 Å². The first kappa shape index (κ1) is 23.2. The van der Waals surface area contributed by atoms with Crippen LogP contribution in [-0.2, 0) is 9.53 Å². The van der Waals surface area contributed by atoms with Gasteiger partial charge in [0.05, 0.1) is 28.1 Å². The molecule has 3 rings (SSSR count). The van der Waals surface area contributed by atoms with Gasteiger partial charge >= 0.3 is 6.09 Å². The van der Waals surface area contributed by atoms with Crippen molar-refractivity contribution in [2.45, 2.75) is 71.3 Å². The zero-order valence-corrected chi connectivity index (χ0v) is 19.6. The average molecular weight is 445 g/mol. The lowest BCUT2D eigenvalue weighted by Crippen LogP contribution is -2.41. The van der Waals surface area contributed by atoms with E-state index in [1.807, 2.05) is 38.4 Å². The number of hydrogen-bond donors (Lipinski definition) is 1. The molecule has 1 aliphatic heterocycles. The molecule has 0 aromatic carbocycles. The number of carbonyl (C=O) groups excluding carboxylic acids is 2. The third-order valence-electron chi connectivity index (χ3n) is 5.11. The second kappa shape index (κ2) is 10.2. The highest BCUT2D eigenvalue weighted by Gasteiger charge is 2.28. The topological polar surface area (TPSA) is 84.4 Å². The highest BCUT2D eigenvalue weighted by Crippen LogP contribution is 2.32. The Labute approximate surface area is 188 Å². The molecule has 3 heterocycles. The van der Waals surface area contributed by atoms with Crippen molar-refractivity contribution in [3.63, 3.8) is 0 Å². The van der Waals surface area contributed by atoms with Crippen molar-refractivity contribution >= 4 is 29.0 Å². The molecule has 8 heteroatoms. The highest BCUT2D eigenvalue weighted by atomic mass is 32.1. The molecule has 1 fully saturated rings.